The van der Waals surface area contributed by atoms with E-state index < -0.39 is 0 Å². The standard InChI is InChI=1S/C21H26FN7S/c1-4-29(13-14(2)24-3)20-12-19(27-21(23)28-20)26-15-5-6-18(17(22)11-15)30-16-7-9-25-10-8-16/h5-12,14,24H,4,13H2,1-3H3,(H3,23,26,27,28). The number of nitrogen functional groups attached to an aromatic ring is 1. The Balaban J connectivity index is 1.77. The van der Waals surface area contributed by atoms with Crippen LogP contribution in [0.3, 0.4) is 0 Å². The van der Waals surface area contributed by atoms with Gasteiger partial charge in [0.05, 0.1) is 0 Å². The third kappa shape index (κ3) is 5.80. The molecule has 3 aromatic rings. The molecule has 1 aromatic carbocycles. The van der Waals surface area contributed by atoms with Gasteiger partial charge in [0.15, 0.2) is 0 Å². The second kappa shape index (κ2) is 10.2. The molecule has 0 aliphatic rings. The Hall–Kier alpha value is -2.91. The van der Waals surface area contributed by atoms with Crippen molar-refractivity contribution in [1.29, 1.82) is 0 Å². The first-order chi connectivity index (χ1) is 14.5. The van der Waals surface area contributed by atoms with Crippen LogP contribution in [0.5, 0.6) is 0 Å². The molecule has 0 aliphatic heterocycles. The second-order valence-corrected chi connectivity index (χ2v) is 7.87. The van der Waals surface area contributed by atoms with Crippen molar-refractivity contribution in [2.75, 3.05) is 36.1 Å². The van der Waals surface area contributed by atoms with Gasteiger partial charge >= 0.3 is 0 Å². The largest absolute Gasteiger partial charge is 0.368 e. The molecule has 30 heavy (non-hydrogen) atoms. The highest BCUT2D eigenvalue weighted by Crippen LogP contribution is 2.31. The maximum atomic E-state index is 14.6. The summed E-state index contributed by atoms with van der Waals surface area (Å²) in [4.78, 5) is 16.1. The molecule has 1 atom stereocenters. The molecule has 2 aromatic heterocycles. The van der Waals surface area contributed by atoms with Crippen LogP contribution in [0.25, 0.3) is 0 Å². The summed E-state index contributed by atoms with van der Waals surface area (Å²) in [5.74, 6) is 1.08. The smallest absolute Gasteiger partial charge is 0.223 e. The predicted octanol–water partition coefficient (Wildman–Crippen LogP) is 3.92. The second-order valence-electron chi connectivity index (χ2n) is 6.75. The summed E-state index contributed by atoms with van der Waals surface area (Å²) >= 11 is 1.35. The molecule has 2 heterocycles. The van der Waals surface area contributed by atoms with Gasteiger partial charge in [-0.2, -0.15) is 9.97 Å². The topological polar surface area (TPSA) is 92.0 Å². The quantitative estimate of drug-likeness (QED) is 0.473. The van der Waals surface area contributed by atoms with Crippen molar-refractivity contribution in [1.82, 2.24) is 20.3 Å². The first-order valence-electron chi connectivity index (χ1n) is 9.69. The van der Waals surface area contributed by atoms with Crippen LogP contribution in [0.4, 0.5) is 27.7 Å². The fourth-order valence-electron chi connectivity index (χ4n) is 2.83. The Bertz CT molecular complexity index is 971. The van der Waals surface area contributed by atoms with E-state index in [1.807, 2.05) is 31.3 Å². The van der Waals surface area contributed by atoms with Gasteiger partial charge in [-0.3, -0.25) is 4.98 Å². The minimum absolute atomic E-state index is 0.163. The Kier molecular flexibility index (Phi) is 7.42. The lowest BCUT2D eigenvalue weighted by Crippen LogP contribution is -2.38. The normalized spacial score (nSPS) is 11.9. The third-order valence-corrected chi connectivity index (χ3v) is 5.56. The van der Waals surface area contributed by atoms with Crippen molar-refractivity contribution in [2.45, 2.75) is 29.7 Å². The molecule has 0 saturated carbocycles. The monoisotopic (exact) mass is 427 g/mol. The number of likely N-dealkylation sites (N-methyl/N-ethyl adjacent to an activating group) is 2. The predicted molar refractivity (Wildman–Crippen MR) is 121 cm³/mol. The van der Waals surface area contributed by atoms with E-state index in [0.717, 1.165) is 23.8 Å². The number of hydrogen-bond donors (Lipinski definition) is 3. The van der Waals surface area contributed by atoms with Crippen LogP contribution in [0, 0.1) is 5.82 Å². The van der Waals surface area contributed by atoms with Crippen LogP contribution >= 0.6 is 11.8 Å². The van der Waals surface area contributed by atoms with Gasteiger partial charge in [0.25, 0.3) is 0 Å². The molecular weight excluding hydrogens is 401 g/mol. The molecule has 0 saturated heterocycles. The van der Waals surface area contributed by atoms with Gasteiger partial charge < -0.3 is 21.3 Å². The molecule has 1 unspecified atom stereocenters. The lowest BCUT2D eigenvalue weighted by Gasteiger charge is -2.25. The number of nitrogens with zero attached hydrogens (tertiary/aromatic N) is 4. The van der Waals surface area contributed by atoms with Crippen molar-refractivity contribution in [3.05, 3.63) is 54.6 Å². The van der Waals surface area contributed by atoms with Crippen LogP contribution in [-0.4, -0.2) is 41.1 Å². The summed E-state index contributed by atoms with van der Waals surface area (Å²) < 4.78 is 14.6. The van der Waals surface area contributed by atoms with E-state index in [4.69, 9.17) is 5.73 Å². The molecular formula is C21H26FN7S. The van der Waals surface area contributed by atoms with Gasteiger partial charge in [-0.05, 0) is 51.2 Å². The molecule has 0 radical (unpaired) electrons. The Morgan fingerprint density at radius 1 is 1.17 bits per heavy atom. The van der Waals surface area contributed by atoms with Crippen molar-refractivity contribution < 1.29 is 4.39 Å². The van der Waals surface area contributed by atoms with E-state index in [0.29, 0.717) is 16.4 Å². The number of anilines is 4. The van der Waals surface area contributed by atoms with Crippen molar-refractivity contribution in [3.63, 3.8) is 0 Å². The number of hydrogen-bond acceptors (Lipinski definition) is 8. The van der Waals surface area contributed by atoms with Crippen LogP contribution in [-0.2, 0) is 0 Å². The van der Waals surface area contributed by atoms with E-state index in [1.165, 1.54) is 17.8 Å². The summed E-state index contributed by atoms with van der Waals surface area (Å²) in [5, 5.41) is 6.35. The highest BCUT2D eigenvalue weighted by atomic mass is 32.2. The zero-order valence-electron chi connectivity index (χ0n) is 17.3. The highest BCUT2D eigenvalue weighted by molar-refractivity contribution is 7.99. The maximum Gasteiger partial charge on any atom is 0.223 e. The average Bonchev–Trinajstić information content (AvgIpc) is 2.74. The van der Waals surface area contributed by atoms with Gasteiger partial charge in [-0.1, -0.05) is 11.8 Å². The lowest BCUT2D eigenvalue weighted by molar-refractivity contribution is 0.589. The molecule has 9 heteroatoms. The summed E-state index contributed by atoms with van der Waals surface area (Å²) in [6.45, 7) is 5.71. The number of nitrogens with one attached hydrogen (secondary N) is 2. The van der Waals surface area contributed by atoms with Crippen LogP contribution in [0.2, 0.25) is 0 Å². The number of rotatable bonds is 9. The minimum atomic E-state index is -0.318. The Morgan fingerprint density at radius 2 is 1.93 bits per heavy atom. The zero-order chi connectivity index (χ0) is 21.5. The highest BCUT2D eigenvalue weighted by Gasteiger charge is 2.13. The summed E-state index contributed by atoms with van der Waals surface area (Å²) in [6, 6.07) is 10.8. The average molecular weight is 428 g/mol. The molecule has 0 amide bonds. The molecule has 4 N–H and O–H groups in total. The summed E-state index contributed by atoms with van der Waals surface area (Å²) in [7, 11) is 1.92. The number of benzene rings is 1. The minimum Gasteiger partial charge on any atom is -0.368 e. The van der Waals surface area contributed by atoms with E-state index in [9.17, 15) is 4.39 Å². The van der Waals surface area contributed by atoms with E-state index in [1.54, 1.807) is 18.5 Å². The van der Waals surface area contributed by atoms with Gasteiger partial charge in [-0.25, -0.2) is 4.39 Å². The van der Waals surface area contributed by atoms with E-state index >= 15 is 0 Å². The Morgan fingerprint density at radius 3 is 2.60 bits per heavy atom. The first kappa shape index (κ1) is 21.8. The van der Waals surface area contributed by atoms with E-state index in [2.05, 4.69) is 44.3 Å². The first-order valence-corrected chi connectivity index (χ1v) is 10.5. The fourth-order valence-corrected chi connectivity index (χ4v) is 3.63. The van der Waals surface area contributed by atoms with Crippen LogP contribution in [0.15, 0.2) is 58.6 Å². The summed E-state index contributed by atoms with van der Waals surface area (Å²) in [5.41, 5.74) is 6.51. The fraction of sp³-hybridized carbons (Fsp3) is 0.286. The third-order valence-electron chi connectivity index (χ3n) is 4.50. The SMILES string of the molecule is CCN(CC(C)NC)c1cc(Nc2ccc(Sc3ccncc3)c(F)c2)nc(N)n1. The van der Waals surface area contributed by atoms with E-state index in [-0.39, 0.29) is 17.8 Å². The van der Waals surface area contributed by atoms with Crippen LogP contribution in [0.1, 0.15) is 13.8 Å². The van der Waals surface area contributed by atoms with Gasteiger partial charge in [0, 0.05) is 53.1 Å². The van der Waals surface area contributed by atoms with Gasteiger partial charge in [0.2, 0.25) is 5.95 Å². The summed E-state index contributed by atoms with van der Waals surface area (Å²) in [6.07, 6.45) is 3.37. The van der Waals surface area contributed by atoms with Crippen molar-refractivity contribution in [2.24, 2.45) is 0 Å². The molecule has 0 bridgehead atoms. The molecule has 3 rings (SSSR count). The molecule has 0 aliphatic carbocycles. The number of pyridine rings is 1. The van der Waals surface area contributed by atoms with Crippen molar-refractivity contribution >= 4 is 35.0 Å². The van der Waals surface area contributed by atoms with Crippen molar-refractivity contribution in [3.8, 4) is 0 Å². The molecule has 0 spiro atoms. The maximum absolute atomic E-state index is 14.6. The molecule has 7 nitrogen and oxygen atoms in total. The lowest BCUT2D eigenvalue weighted by atomic mass is 10.3. The number of nitrogens with two attached hydrogens (primary N) is 1. The zero-order valence-corrected chi connectivity index (χ0v) is 18.1. The van der Waals surface area contributed by atoms with Gasteiger partial charge in [-0.15, -0.1) is 0 Å². The Labute approximate surface area is 180 Å². The molecule has 0 fully saturated rings. The molecule has 158 valence electrons. The number of halogens is 1. The number of aromatic nitrogens is 3. The van der Waals surface area contributed by atoms with Gasteiger partial charge in [0.1, 0.15) is 17.5 Å². The van der Waals surface area contributed by atoms with Crippen LogP contribution < -0.4 is 21.3 Å².